The number of amides is 1. The summed E-state index contributed by atoms with van der Waals surface area (Å²) in [6.45, 7) is 4.45. The van der Waals surface area contributed by atoms with Crippen LogP contribution in [-0.4, -0.2) is 42.8 Å². The van der Waals surface area contributed by atoms with Crippen molar-refractivity contribution in [1.29, 1.82) is 0 Å². The van der Waals surface area contributed by atoms with Crippen LogP contribution in [0.1, 0.15) is 26.7 Å². The van der Waals surface area contributed by atoms with Crippen molar-refractivity contribution in [2.45, 2.75) is 32.7 Å². The highest BCUT2D eigenvalue weighted by molar-refractivity contribution is 5.81. The monoisotopic (exact) mass is 258 g/mol. The zero-order valence-electron chi connectivity index (χ0n) is 10.9. The number of ether oxygens (including phenoxy) is 1. The average Bonchev–Trinajstić information content (AvgIpc) is 2.77. The summed E-state index contributed by atoms with van der Waals surface area (Å²) in [6.07, 6.45) is 0.957. The van der Waals surface area contributed by atoms with E-state index in [0.717, 1.165) is 0 Å². The zero-order chi connectivity index (χ0) is 13.8. The number of hydrogen-bond donors (Lipinski definition) is 3. The second kappa shape index (κ2) is 6.15. The van der Waals surface area contributed by atoms with E-state index in [1.165, 1.54) is 0 Å². The molecule has 0 aliphatic carbocycles. The average molecular weight is 258 g/mol. The second-order valence-corrected chi connectivity index (χ2v) is 4.82. The maximum atomic E-state index is 11.9. The van der Waals surface area contributed by atoms with E-state index in [1.54, 1.807) is 0 Å². The Hall–Kier alpha value is -1.14. The van der Waals surface area contributed by atoms with Crippen molar-refractivity contribution in [2.75, 3.05) is 19.8 Å². The molecule has 0 aromatic heterocycles. The van der Waals surface area contributed by atoms with Gasteiger partial charge in [-0.3, -0.25) is 9.59 Å². The summed E-state index contributed by atoms with van der Waals surface area (Å²) in [4.78, 5) is 23.2. The van der Waals surface area contributed by atoms with Crippen LogP contribution in [-0.2, 0) is 14.3 Å². The van der Waals surface area contributed by atoms with Crippen LogP contribution in [0.3, 0.4) is 0 Å². The normalized spacial score (nSPS) is 23.9. The number of carboxylic acids is 1. The molecule has 0 aromatic rings. The van der Waals surface area contributed by atoms with Gasteiger partial charge in [0.1, 0.15) is 0 Å². The van der Waals surface area contributed by atoms with Crippen molar-refractivity contribution < 1.29 is 19.4 Å². The molecule has 1 rings (SSSR count). The number of rotatable bonds is 6. The van der Waals surface area contributed by atoms with Crippen LogP contribution in [0, 0.1) is 11.3 Å². The molecule has 4 N–H and O–H groups in total. The third-order valence-corrected chi connectivity index (χ3v) is 3.87. The number of nitrogens with one attached hydrogen (secondary N) is 1. The Bertz CT molecular complexity index is 315. The van der Waals surface area contributed by atoms with E-state index in [1.807, 2.05) is 13.8 Å². The van der Waals surface area contributed by atoms with E-state index in [-0.39, 0.29) is 24.4 Å². The number of hydrogen-bond acceptors (Lipinski definition) is 4. The Kier molecular flexibility index (Phi) is 5.10. The fraction of sp³-hybridized carbons (Fsp3) is 0.833. The molecule has 104 valence electrons. The summed E-state index contributed by atoms with van der Waals surface area (Å²) in [5.74, 6) is -1.46. The maximum Gasteiger partial charge on any atom is 0.311 e. The molecular weight excluding hydrogens is 236 g/mol. The maximum absolute atomic E-state index is 11.9. The van der Waals surface area contributed by atoms with Gasteiger partial charge in [0.15, 0.2) is 0 Å². The lowest BCUT2D eigenvalue weighted by atomic mass is 9.82. The molecule has 1 amide bonds. The second-order valence-electron chi connectivity index (χ2n) is 4.82. The summed E-state index contributed by atoms with van der Waals surface area (Å²) < 4.78 is 5.12. The number of nitrogens with two attached hydrogens (primary N) is 1. The molecule has 6 nitrogen and oxygen atoms in total. The molecule has 2 atom stereocenters. The largest absolute Gasteiger partial charge is 0.481 e. The molecule has 0 bridgehead atoms. The Labute approximate surface area is 107 Å². The van der Waals surface area contributed by atoms with Gasteiger partial charge >= 0.3 is 5.97 Å². The zero-order valence-corrected chi connectivity index (χ0v) is 10.9. The van der Waals surface area contributed by atoms with Gasteiger partial charge in [-0.1, -0.05) is 13.8 Å². The van der Waals surface area contributed by atoms with E-state index in [4.69, 9.17) is 10.5 Å². The summed E-state index contributed by atoms with van der Waals surface area (Å²) in [5.41, 5.74) is 4.85. The van der Waals surface area contributed by atoms with Crippen LogP contribution in [0.25, 0.3) is 0 Å². The molecule has 0 radical (unpaired) electrons. The van der Waals surface area contributed by atoms with E-state index >= 15 is 0 Å². The smallest absolute Gasteiger partial charge is 0.311 e. The van der Waals surface area contributed by atoms with Crippen LogP contribution in [0.4, 0.5) is 0 Å². The van der Waals surface area contributed by atoms with Crippen molar-refractivity contribution in [3.05, 3.63) is 0 Å². The van der Waals surface area contributed by atoms with Crippen molar-refractivity contribution >= 4 is 11.9 Å². The molecule has 1 heterocycles. The third-order valence-electron chi connectivity index (χ3n) is 3.87. The predicted molar refractivity (Wildman–Crippen MR) is 65.9 cm³/mol. The van der Waals surface area contributed by atoms with Crippen molar-refractivity contribution in [2.24, 2.45) is 17.1 Å². The number of carbonyl (C=O) groups is 2. The predicted octanol–water partition coefficient (Wildman–Crippen LogP) is -0.0327. The molecule has 18 heavy (non-hydrogen) atoms. The molecule has 0 saturated carbocycles. The molecule has 1 saturated heterocycles. The Morgan fingerprint density at radius 3 is 2.39 bits per heavy atom. The minimum Gasteiger partial charge on any atom is -0.481 e. The van der Waals surface area contributed by atoms with Crippen LogP contribution in [0.15, 0.2) is 0 Å². The van der Waals surface area contributed by atoms with Crippen LogP contribution >= 0.6 is 0 Å². The van der Waals surface area contributed by atoms with Crippen molar-refractivity contribution in [3.63, 3.8) is 0 Å². The number of carboxylic acid groups (broad SMARTS) is 1. The third kappa shape index (κ3) is 3.00. The van der Waals surface area contributed by atoms with Gasteiger partial charge in [-0.15, -0.1) is 0 Å². The molecule has 1 fully saturated rings. The van der Waals surface area contributed by atoms with Crippen LogP contribution in [0.5, 0.6) is 0 Å². The van der Waals surface area contributed by atoms with Gasteiger partial charge in [-0.25, -0.2) is 0 Å². The first kappa shape index (κ1) is 14.9. The highest BCUT2D eigenvalue weighted by atomic mass is 16.5. The Morgan fingerprint density at radius 2 is 2.00 bits per heavy atom. The van der Waals surface area contributed by atoms with Crippen molar-refractivity contribution in [1.82, 2.24) is 5.32 Å². The van der Waals surface area contributed by atoms with Gasteiger partial charge in [0.05, 0.1) is 24.5 Å². The molecular formula is C12H22N2O4. The van der Waals surface area contributed by atoms with E-state index in [0.29, 0.717) is 26.1 Å². The molecule has 0 aromatic carbocycles. The fourth-order valence-corrected chi connectivity index (χ4v) is 2.11. The minimum absolute atomic E-state index is 0.136. The van der Waals surface area contributed by atoms with Crippen LogP contribution in [0.2, 0.25) is 0 Å². The first-order valence-corrected chi connectivity index (χ1v) is 6.31. The van der Waals surface area contributed by atoms with E-state index in [9.17, 15) is 14.7 Å². The van der Waals surface area contributed by atoms with Crippen molar-refractivity contribution in [3.8, 4) is 0 Å². The van der Waals surface area contributed by atoms with Gasteiger partial charge < -0.3 is 20.9 Å². The SMILES string of the molecule is CCC(CC)(CNC(=O)C1COCC1N)C(=O)O. The first-order valence-electron chi connectivity index (χ1n) is 6.31. The van der Waals surface area contributed by atoms with E-state index < -0.39 is 11.4 Å². The molecule has 0 spiro atoms. The number of carbonyl (C=O) groups excluding carboxylic acids is 1. The van der Waals surface area contributed by atoms with Gasteiger partial charge in [0.2, 0.25) is 5.91 Å². The van der Waals surface area contributed by atoms with Gasteiger partial charge in [-0.2, -0.15) is 0 Å². The summed E-state index contributed by atoms with van der Waals surface area (Å²) in [5, 5.41) is 12.0. The quantitative estimate of drug-likeness (QED) is 0.621. The van der Waals surface area contributed by atoms with Gasteiger partial charge in [0.25, 0.3) is 0 Å². The van der Waals surface area contributed by atoms with Crippen LogP contribution < -0.4 is 11.1 Å². The Morgan fingerprint density at radius 1 is 1.39 bits per heavy atom. The molecule has 6 heteroatoms. The summed E-state index contributed by atoms with van der Waals surface area (Å²) in [6, 6.07) is -0.299. The summed E-state index contributed by atoms with van der Waals surface area (Å²) >= 11 is 0. The molecule has 1 aliphatic heterocycles. The topological polar surface area (TPSA) is 102 Å². The number of aliphatic carboxylic acids is 1. The highest BCUT2D eigenvalue weighted by Gasteiger charge is 2.37. The standard InChI is InChI=1S/C12H22N2O4/c1-3-12(4-2,11(16)17)7-14-10(15)8-5-18-6-9(8)13/h8-9H,3-7,13H2,1-2H3,(H,14,15)(H,16,17). The lowest BCUT2D eigenvalue weighted by molar-refractivity contribution is -0.149. The molecule has 1 aliphatic rings. The van der Waals surface area contributed by atoms with E-state index in [2.05, 4.69) is 5.32 Å². The molecule has 2 unspecified atom stereocenters. The highest BCUT2D eigenvalue weighted by Crippen LogP contribution is 2.26. The minimum atomic E-state index is -0.890. The van der Waals surface area contributed by atoms with Gasteiger partial charge in [0, 0.05) is 12.6 Å². The Balaban J connectivity index is 2.57. The summed E-state index contributed by atoms with van der Waals surface area (Å²) in [7, 11) is 0. The van der Waals surface area contributed by atoms with Gasteiger partial charge in [-0.05, 0) is 12.8 Å². The fourth-order valence-electron chi connectivity index (χ4n) is 2.11. The lowest BCUT2D eigenvalue weighted by Gasteiger charge is -2.27. The first-order chi connectivity index (χ1) is 8.46. The lowest BCUT2D eigenvalue weighted by Crippen LogP contribution is -2.47.